The van der Waals surface area contributed by atoms with Crippen molar-refractivity contribution in [3.8, 4) is 17.2 Å². The number of carbonyl (C=O) groups is 1. The van der Waals surface area contributed by atoms with Gasteiger partial charge in [0.15, 0.2) is 11.5 Å². The SMILES string of the molecule is COc1cc([C@@H]2SCC(=O)Nc3c2c(C)nn3-c2ccc(C)cc2)ccc1O. The zero-order valence-corrected chi connectivity index (χ0v) is 16.7. The molecule has 1 aromatic heterocycles. The highest BCUT2D eigenvalue weighted by atomic mass is 32.2. The van der Waals surface area contributed by atoms with Gasteiger partial charge in [0.2, 0.25) is 5.91 Å². The number of hydrogen-bond acceptors (Lipinski definition) is 5. The maximum absolute atomic E-state index is 12.4. The molecule has 2 aromatic carbocycles. The number of aromatic nitrogens is 2. The third kappa shape index (κ3) is 3.22. The van der Waals surface area contributed by atoms with Crippen LogP contribution in [0.1, 0.15) is 27.6 Å². The van der Waals surface area contributed by atoms with Crippen molar-refractivity contribution in [1.82, 2.24) is 9.78 Å². The smallest absolute Gasteiger partial charge is 0.235 e. The number of carbonyl (C=O) groups excluding carboxylic acids is 1. The van der Waals surface area contributed by atoms with Crippen LogP contribution in [-0.4, -0.2) is 33.7 Å². The number of thioether (sulfide) groups is 1. The molecule has 0 radical (unpaired) electrons. The Bertz CT molecular complexity index is 1040. The van der Waals surface area contributed by atoms with Crippen LogP contribution in [0.15, 0.2) is 42.5 Å². The Morgan fingerprint density at radius 3 is 2.68 bits per heavy atom. The van der Waals surface area contributed by atoms with Gasteiger partial charge in [0, 0.05) is 5.56 Å². The predicted octanol–water partition coefficient (Wildman–Crippen LogP) is 3.98. The molecular weight excluding hydrogens is 374 g/mol. The Morgan fingerprint density at radius 1 is 1.21 bits per heavy atom. The van der Waals surface area contributed by atoms with E-state index in [1.807, 2.05) is 50.2 Å². The van der Waals surface area contributed by atoms with Crippen molar-refractivity contribution in [1.29, 1.82) is 0 Å². The number of anilines is 1. The molecule has 2 heterocycles. The van der Waals surface area contributed by atoms with E-state index >= 15 is 0 Å². The average molecular weight is 395 g/mol. The Labute approximate surface area is 167 Å². The highest BCUT2D eigenvalue weighted by molar-refractivity contribution is 8.00. The summed E-state index contributed by atoms with van der Waals surface area (Å²) in [7, 11) is 1.52. The number of methoxy groups -OCH3 is 1. The van der Waals surface area contributed by atoms with Gasteiger partial charge >= 0.3 is 0 Å². The average Bonchev–Trinajstić information content (AvgIpc) is 2.89. The predicted molar refractivity (Wildman–Crippen MR) is 111 cm³/mol. The van der Waals surface area contributed by atoms with Crippen molar-refractivity contribution in [3.05, 3.63) is 64.8 Å². The number of aryl methyl sites for hydroxylation is 2. The first-order valence-electron chi connectivity index (χ1n) is 8.93. The van der Waals surface area contributed by atoms with Crippen LogP contribution in [0.3, 0.4) is 0 Å². The molecule has 1 atom stereocenters. The van der Waals surface area contributed by atoms with Gasteiger partial charge in [-0.05, 0) is 43.7 Å². The number of fused-ring (bicyclic) bond motifs is 1. The number of benzene rings is 2. The van der Waals surface area contributed by atoms with Gasteiger partial charge in [-0.25, -0.2) is 4.68 Å². The third-order valence-electron chi connectivity index (χ3n) is 4.79. The van der Waals surface area contributed by atoms with Crippen LogP contribution >= 0.6 is 11.8 Å². The van der Waals surface area contributed by atoms with Crippen molar-refractivity contribution in [2.75, 3.05) is 18.2 Å². The molecule has 7 heteroatoms. The summed E-state index contributed by atoms with van der Waals surface area (Å²) in [6.45, 7) is 3.98. The van der Waals surface area contributed by atoms with E-state index in [4.69, 9.17) is 9.84 Å². The van der Waals surface area contributed by atoms with E-state index in [-0.39, 0.29) is 16.9 Å². The van der Waals surface area contributed by atoms with Gasteiger partial charge in [-0.1, -0.05) is 23.8 Å². The Balaban J connectivity index is 1.87. The third-order valence-corrected chi connectivity index (χ3v) is 6.06. The minimum Gasteiger partial charge on any atom is -0.504 e. The molecule has 0 saturated carbocycles. The number of hydrogen-bond donors (Lipinski definition) is 2. The summed E-state index contributed by atoms with van der Waals surface area (Å²) < 4.78 is 7.06. The fraction of sp³-hybridized carbons (Fsp3) is 0.238. The van der Waals surface area contributed by atoms with Gasteiger partial charge in [-0.15, -0.1) is 11.8 Å². The van der Waals surface area contributed by atoms with Crippen LogP contribution < -0.4 is 10.1 Å². The lowest BCUT2D eigenvalue weighted by molar-refractivity contribution is -0.113. The van der Waals surface area contributed by atoms with Crippen LogP contribution in [0.2, 0.25) is 0 Å². The van der Waals surface area contributed by atoms with E-state index in [9.17, 15) is 9.90 Å². The highest BCUT2D eigenvalue weighted by Gasteiger charge is 2.31. The van der Waals surface area contributed by atoms with E-state index in [0.717, 1.165) is 28.1 Å². The second-order valence-electron chi connectivity index (χ2n) is 6.77. The lowest BCUT2D eigenvalue weighted by Gasteiger charge is -2.16. The molecule has 2 N–H and O–H groups in total. The molecule has 1 aliphatic rings. The topological polar surface area (TPSA) is 76.4 Å². The molecule has 0 fully saturated rings. The molecule has 28 heavy (non-hydrogen) atoms. The van der Waals surface area contributed by atoms with Crippen LogP contribution in [0.5, 0.6) is 11.5 Å². The number of phenolic OH excluding ortho intramolecular Hbond substituents is 1. The maximum Gasteiger partial charge on any atom is 0.235 e. The number of nitrogens with zero attached hydrogens (tertiary/aromatic N) is 2. The first kappa shape index (κ1) is 18.4. The molecule has 1 aliphatic heterocycles. The van der Waals surface area contributed by atoms with Gasteiger partial charge in [0.1, 0.15) is 5.82 Å². The second kappa shape index (κ2) is 7.24. The van der Waals surface area contributed by atoms with Crippen molar-refractivity contribution < 1.29 is 14.6 Å². The summed E-state index contributed by atoms with van der Waals surface area (Å²) in [6, 6.07) is 13.3. The summed E-state index contributed by atoms with van der Waals surface area (Å²) in [5.41, 5.74) is 4.81. The molecule has 0 aliphatic carbocycles. The molecule has 0 bridgehead atoms. The zero-order chi connectivity index (χ0) is 19.8. The van der Waals surface area contributed by atoms with Gasteiger partial charge < -0.3 is 15.2 Å². The quantitative estimate of drug-likeness (QED) is 0.702. The van der Waals surface area contributed by atoms with Crippen LogP contribution in [0, 0.1) is 13.8 Å². The molecule has 6 nitrogen and oxygen atoms in total. The van der Waals surface area contributed by atoms with Crippen molar-refractivity contribution >= 4 is 23.5 Å². The summed E-state index contributed by atoms with van der Waals surface area (Å²) in [6.07, 6.45) is 0. The summed E-state index contributed by atoms with van der Waals surface area (Å²) in [5.74, 6) is 1.45. The molecule has 4 rings (SSSR count). The zero-order valence-electron chi connectivity index (χ0n) is 15.9. The maximum atomic E-state index is 12.4. The van der Waals surface area contributed by atoms with Crippen molar-refractivity contribution in [2.24, 2.45) is 0 Å². The van der Waals surface area contributed by atoms with Crippen molar-refractivity contribution in [2.45, 2.75) is 19.1 Å². The number of amides is 1. The van der Waals surface area contributed by atoms with Gasteiger partial charge in [-0.3, -0.25) is 4.79 Å². The Hall–Kier alpha value is -2.93. The molecule has 1 amide bonds. The Kier molecular flexibility index (Phi) is 4.77. The number of phenols is 1. The first-order valence-corrected chi connectivity index (χ1v) is 9.97. The number of nitrogens with one attached hydrogen (secondary N) is 1. The number of ether oxygens (including phenoxy) is 1. The largest absolute Gasteiger partial charge is 0.504 e. The van der Waals surface area contributed by atoms with Crippen LogP contribution in [-0.2, 0) is 4.79 Å². The van der Waals surface area contributed by atoms with Gasteiger partial charge in [0.05, 0.1) is 29.5 Å². The lowest BCUT2D eigenvalue weighted by Crippen LogP contribution is -2.15. The van der Waals surface area contributed by atoms with Gasteiger partial charge in [-0.2, -0.15) is 5.10 Å². The highest BCUT2D eigenvalue weighted by Crippen LogP contribution is 2.45. The molecule has 3 aromatic rings. The molecule has 144 valence electrons. The fourth-order valence-corrected chi connectivity index (χ4v) is 4.56. The second-order valence-corrected chi connectivity index (χ2v) is 7.86. The van der Waals surface area contributed by atoms with Crippen LogP contribution in [0.25, 0.3) is 5.69 Å². The summed E-state index contributed by atoms with van der Waals surface area (Å²) in [4.78, 5) is 12.4. The number of aromatic hydroxyl groups is 1. The lowest BCUT2D eigenvalue weighted by atomic mass is 10.0. The van der Waals surface area contributed by atoms with Gasteiger partial charge in [0.25, 0.3) is 0 Å². The van der Waals surface area contributed by atoms with E-state index in [1.54, 1.807) is 10.7 Å². The normalized spacial score (nSPS) is 16.2. The fourth-order valence-electron chi connectivity index (χ4n) is 3.38. The number of rotatable bonds is 3. The molecule has 0 unspecified atom stereocenters. The van der Waals surface area contributed by atoms with E-state index in [0.29, 0.717) is 17.3 Å². The van der Waals surface area contributed by atoms with Crippen molar-refractivity contribution in [3.63, 3.8) is 0 Å². The van der Waals surface area contributed by atoms with Crippen LogP contribution in [0.4, 0.5) is 5.82 Å². The van der Waals surface area contributed by atoms with E-state index < -0.39 is 0 Å². The minimum absolute atomic E-state index is 0.0623. The summed E-state index contributed by atoms with van der Waals surface area (Å²) in [5, 5.41) is 17.6. The summed E-state index contributed by atoms with van der Waals surface area (Å²) >= 11 is 1.54. The molecule has 0 spiro atoms. The van der Waals surface area contributed by atoms with E-state index in [2.05, 4.69) is 5.32 Å². The molecule has 0 saturated heterocycles. The molecular formula is C21H21N3O3S. The first-order chi connectivity index (χ1) is 13.5. The Morgan fingerprint density at radius 2 is 1.96 bits per heavy atom. The minimum atomic E-state index is -0.109. The standard InChI is InChI=1S/C21H21N3O3S/c1-12-4-7-15(8-5-12)24-21-19(13(2)23-24)20(28-11-18(26)22-21)14-6-9-16(25)17(10-14)27-3/h4-10,20,25H,11H2,1-3H3,(H,22,26)/t20-/m0/s1. The monoisotopic (exact) mass is 395 g/mol. The van der Waals surface area contributed by atoms with E-state index in [1.165, 1.54) is 18.9 Å².